The summed E-state index contributed by atoms with van der Waals surface area (Å²) in [5.41, 5.74) is 0.177. The second-order valence-corrected chi connectivity index (χ2v) is 7.00. The van der Waals surface area contributed by atoms with E-state index in [2.05, 4.69) is 10.3 Å². The van der Waals surface area contributed by atoms with E-state index >= 15 is 0 Å². The summed E-state index contributed by atoms with van der Waals surface area (Å²) < 4.78 is 6.53. The van der Waals surface area contributed by atoms with Crippen LogP contribution >= 0.6 is 11.8 Å². The van der Waals surface area contributed by atoms with Gasteiger partial charge in [0.1, 0.15) is 5.56 Å². The van der Waals surface area contributed by atoms with Crippen LogP contribution in [0.15, 0.2) is 40.4 Å². The number of ketones is 1. The van der Waals surface area contributed by atoms with E-state index in [-0.39, 0.29) is 11.3 Å². The Balaban J connectivity index is 1.68. The Morgan fingerprint density at radius 2 is 2.11 bits per heavy atom. The molecule has 140 valence electrons. The Labute approximate surface area is 158 Å². The number of ether oxygens (including phenoxy) is 1. The van der Waals surface area contributed by atoms with Crippen LogP contribution in [0.5, 0.6) is 0 Å². The van der Waals surface area contributed by atoms with Gasteiger partial charge in [-0.15, -0.1) is 0 Å². The maximum absolute atomic E-state index is 12.3. The number of hydrogen-bond donors (Lipinski definition) is 1. The monoisotopic (exact) mass is 387 g/mol. The van der Waals surface area contributed by atoms with E-state index in [1.807, 2.05) is 0 Å². The largest absolute Gasteiger partial charge is 0.449 e. The Hall–Kier alpha value is -2.94. The van der Waals surface area contributed by atoms with E-state index in [0.29, 0.717) is 23.0 Å². The molecule has 2 heterocycles. The fourth-order valence-electron chi connectivity index (χ4n) is 2.49. The first-order valence-corrected chi connectivity index (χ1v) is 9.21. The predicted octanol–water partition coefficient (Wildman–Crippen LogP) is 1.74. The molecule has 1 atom stereocenters. The molecule has 9 heteroatoms. The van der Waals surface area contributed by atoms with E-state index in [4.69, 9.17) is 4.74 Å². The molecule has 1 aromatic carbocycles. The molecule has 1 N–H and O–H groups in total. The van der Waals surface area contributed by atoms with Crippen LogP contribution in [0.4, 0.5) is 5.69 Å². The van der Waals surface area contributed by atoms with Crippen molar-refractivity contribution in [1.82, 2.24) is 9.55 Å². The normalized spacial score (nSPS) is 13.6. The lowest BCUT2D eigenvalue weighted by molar-refractivity contribution is -0.123. The van der Waals surface area contributed by atoms with Crippen LogP contribution in [-0.4, -0.2) is 39.1 Å². The molecule has 0 radical (unpaired) electrons. The third-order valence-corrected chi connectivity index (χ3v) is 4.94. The van der Waals surface area contributed by atoms with Gasteiger partial charge in [0.05, 0.1) is 6.20 Å². The second-order valence-electron chi connectivity index (χ2n) is 5.93. The van der Waals surface area contributed by atoms with Crippen LogP contribution in [0, 0.1) is 0 Å². The van der Waals surface area contributed by atoms with Crippen LogP contribution in [0.1, 0.15) is 34.6 Å². The molecule has 0 bridgehead atoms. The van der Waals surface area contributed by atoms with Gasteiger partial charge in [0.15, 0.2) is 17.0 Å². The Kier molecular flexibility index (Phi) is 5.41. The number of amides is 1. The molecule has 0 unspecified atom stereocenters. The van der Waals surface area contributed by atoms with Crippen molar-refractivity contribution >= 4 is 35.1 Å². The minimum absolute atomic E-state index is 0.131. The number of nitrogens with zero attached hydrogens (tertiary/aromatic N) is 2. The lowest BCUT2D eigenvalue weighted by Crippen LogP contribution is -2.33. The van der Waals surface area contributed by atoms with E-state index in [1.54, 1.807) is 18.2 Å². The van der Waals surface area contributed by atoms with Crippen molar-refractivity contribution in [3.8, 4) is 0 Å². The highest BCUT2D eigenvalue weighted by Gasteiger charge is 2.24. The Morgan fingerprint density at radius 1 is 1.33 bits per heavy atom. The molecule has 8 nitrogen and oxygen atoms in total. The molecule has 0 saturated carbocycles. The van der Waals surface area contributed by atoms with Crippen LogP contribution in [-0.2, 0) is 16.1 Å². The molecule has 0 saturated heterocycles. The highest BCUT2D eigenvalue weighted by atomic mass is 32.2. The van der Waals surface area contributed by atoms with Crippen molar-refractivity contribution in [3.05, 3.63) is 51.9 Å². The SMILES string of the molecule is CC(=O)c1cccc(NC(=O)[C@@H](C)OC(=O)c2cnc3n(c2=O)CCS3)c1. The van der Waals surface area contributed by atoms with Gasteiger partial charge in [-0.2, -0.15) is 0 Å². The van der Waals surface area contributed by atoms with E-state index in [0.717, 1.165) is 5.75 Å². The number of hydrogen-bond acceptors (Lipinski definition) is 7. The number of fused-ring (bicyclic) bond motifs is 1. The number of nitrogens with one attached hydrogen (secondary N) is 1. The minimum atomic E-state index is -1.13. The number of anilines is 1. The van der Waals surface area contributed by atoms with Crippen LogP contribution in [0.25, 0.3) is 0 Å². The molecule has 1 aliphatic heterocycles. The summed E-state index contributed by atoms with van der Waals surface area (Å²) in [4.78, 5) is 52.3. The molecule has 3 rings (SSSR count). The molecule has 1 aliphatic rings. The van der Waals surface area contributed by atoms with Crippen molar-refractivity contribution in [2.75, 3.05) is 11.1 Å². The first-order valence-electron chi connectivity index (χ1n) is 8.22. The average molecular weight is 387 g/mol. The smallest absolute Gasteiger partial charge is 0.346 e. The van der Waals surface area contributed by atoms with Gasteiger partial charge in [-0.3, -0.25) is 19.0 Å². The molecule has 0 fully saturated rings. The standard InChI is InChI=1S/C18H17N3O5S/c1-10(22)12-4-3-5-13(8-12)20-15(23)11(2)26-17(25)14-9-19-18-21(16(14)24)6-7-27-18/h3-5,8-9,11H,6-7H2,1-2H3,(H,20,23)/t11-/m1/s1. The first-order chi connectivity index (χ1) is 12.9. The van der Waals surface area contributed by atoms with Crippen molar-refractivity contribution in [1.29, 1.82) is 0 Å². The topological polar surface area (TPSA) is 107 Å². The molecule has 1 aromatic heterocycles. The van der Waals surface area contributed by atoms with E-state index in [9.17, 15) is 19.2 Å². The molecule has 0 aliphatic carbocycles. The molecule has 27 heavy (non-hydrogen) atoms. The molecule has 0 spiro atoms. The molecular formula is C18H17N3O5S. The van der Waals surface area contributed by atoms with Crippen molar-refractivity contribution in [2.45, 2.75) is 31.7 Å². The number of esters is 1. The van der Waals surface area contributed by atoms with Gasteiger partial charge in [-0.05, 0) is 26.0 Å². The summed E-state index contributed by atoms with van der Waals surface area (Å²) in [6.07, 6.45) is 0.0426. The zero-order valence-electron chi connectivity index (χ0n) is 14.7. The summed E-state index contributed by atoms with van der Waals surface area (Å²) in [6.45, 7) is 3.30. The van der Waals surface area contributed by atoms with Gasteiger partial charge in [0.25, 0.3) is 11.5 Å². The Morgan fingerprint density at radius 3 is 2.85 bits per heavy atom. The second kappa shape index (κ2) is 7.75. The zero-order chi connectivity index (χ0) is 19.6. The highest BCUT2D eigenvalue weighted by molar-refractivity contribution is 7.99. The lowest BCUT2D eigenvalue weighted by Gasteiger charge is -2.14. The third-order valence-electron chi connectivity index (χ3n) is 3.97. The maximum Gasteiger partial charge on any atom is 0.346 e. The van der Waals surface area contributed by atoms with Crippen molar-refractivity contribution in [2.24, 2.45) is 0 Å². The number of aromatic nitrogens is 2. The lowest BCUT2D eigenvalue weighted by atomic mass is 10.1. The van der Waals surface area contributed by atoms with Gasteiger partial charge in [0, 0.05) is 23.5 Å². The average Bonchev–Trinajstić information content (AvgIpc) is 3.11. The number of carbonyl (C=O) groups is 3. The first kappa shape index (κ1) is 18.8. The zero-order valence-corrected chi connectivity index (χ0v) is 15.5. The number of Topliss-reactive ketones (excluding diaryl/α,β-unsaturated/α-hetero) is 1. The summed E-state index contributed by atoms with van der Waals surface area (Å²) in [5.74, 6) is -0.888. The van der Waals surface area contributed by atoms with Crippen molar-refractivity contribution in [3.63, 3.8) is 0 Å². The van der Waals surface area contributed by atoms with Gasteiger partial charge < -0.3 is 10.1 Å². The van der Waals surface area contributed by atoms with Crippen molar-refractivity contribution < 1.29 is 19.1 Å². The predicted molar refractivity (Wildman–Crippen MR) is 99.2 cm³/mol. The quantitative estimate of drug-likeness (QED) is 0.473. The maximum atomic E-state index is 12.3. The summed E-state index contributed by atoms with van der Waals surface area (Å²) in [6, 6.07) is 6.42. The number of thioether (sulfide) groups is 1. The van der Waals surface area contributed by atoms with Crippen LogP contribution in [0.2, 0.25) is 0 Å². The van der Waals surface area contributed by atoms with Gasteiger partial charge >= 0.3 is 5.97 Å². The number of benzene rings is 1. The fraction of sp³-hybridized carbons (Fsp3) is 0.278. The molecule has 1 amide bonds. The van der Waals surface area contributed by atoms with E-state index < -0.39 is 23.5 Å². The number of rotatable bonds is 5. The fourth-order valence-corrected chi connectivity index (χ4v) is 3.41. The summed E-state index contributed by atoms with van der Waals surface area (Å²) in [5, 5.41) is 3.14. The van der Waals surface area contributed by atoms with Gasteiger partial charge in [0.2, 0.25) is 0 Å². The summed E-state index contributed by atoms with van der Waals surface area (Å²) >= 11 is 1.44. The minimum Gasteiger partial charge on any atom is -0.449 e. The summed E-state index contributed by atoms with van der Waals surface area (Å²) in [7, 11) is 0. The molecular weight excluding hydrogens is 370 g/mol. The van der Waals surface area contributed by atoms with Gasteiger partial charge in [-0.25, -0.2) is 9.78 Å². The third kappa shape index (κ3) is 4.08. The Bertz CT molecular complexity index is 985. The highest BCUT2D eigenvalue weighted by Crippen LogP contribution is 2.20. The number of carbonyl (C=O) groups excluding carboxylic acids is 3. The molecule has 2 aromatic rings. The van der Waals surface area contributed by atoms with Crippen LogP contribution < -0.4 is 10.9 Å². The van der Waals surface area contributed by atoms with Gasteiger partial charge in [-0.1, -0.05) is 23.9 Å². The van der Waals surface area contributed by atoms with Crippen LogP contribution in [0.3, 0.4) is 0 Å². The van der Waals surface area contributed by atoms with E-state index in [1.165, 1.54) is 42.4 Å².